The largest absolute Gasteiger partial charge is 0.457 e. The molecule has 0 aliphatic heterocycles. The molecule has 3 rings (SSSR count). The quantitative estimate of drug-likeness (QED) is 0.368. The highest BCUT2D eigenvalue weighted by molar-refractivity contribution is 6.30. The molecule has 0 aliphatic rings. The molecule has 1 heterocycles. The highest BCUT2D eigenvalue weighted by Gasteiger charge is 2.12. The molecule has 0 atom stereocenters. The molecule has 5 nitrogen and oxygen atoms in total. The number of rotatable bonds is 7. The van der Waals surface area contributed by atoms with Gasteiger partial charge in [-0.2, -0.15) is 0 Å². The number of halogens is 2. The van der Waals surface area contributed by atoms with Gasteiger partial charge >= 0.3 is 0 Å². The van der Waals surface area contributed by atoms with Gasteiger partial charge in [0, 0.05) is 43.2 Å². The van der Waals surface area contributed by atoms with Gasteiger partial charge in [-0.05, 0) is 55.3 Å². The van der Waals surface area contributed by atoms with Gasteiger partial charge in [-0.3, -0.25) is 14.8 Å². The Kier molecular flexibility index (Phi) is 10.4. The van der Waals surface area contributed by atoms with Crippen LogP contribution in [-0.2, 0) is 6.54 Å². The summed E-state index contributed by atoms with van der Waals surface area (Å²) in [6, 6.07) is 13.3. The number of hydrogen-bond acceptors (Lipinski definition) is 4. The van der Waals surface area contributed by atoms with E-state index in [1.807, 2.05) is 45.9 Å². The number of nitrogens with one attached hydrogen (secondary N) is 1. The number of allylic oxidation sites excluding steroid dienone is 2. The Hall–Kier alpha value is -3.51. The summed E-state index contributed by atoms with van der Waals surface area (Å²) in [5, 5.41) is 2.85. The number of hydrogen-bond donors (Lipinski definition) is 1. The number of aromatic nitrogens is 1. The number of benzene rings is 2. The van der Waals surface area contributed by atoms with Crippen molar-refractivity contribution in [2.45, 2.75) is 34.2 Å². The van der Waals surface area contributed by atoms with Crippen molar-refractivity contribution in [3.8, 4) is 11.5 Å². The van der Waals surface area contributed by atoms with Crippen LogP contribution in [0.4, 0.5) is 4.39 Å². The second kappa shape index (κ2) is 13.3. The van der Waals surface area contributed by atoms with Gasteiger partial charge in [-0.15, -0.1) is 0 Å². The Morgan fingerprint density at radius 2 is 1.88 bits per heavy atom. The van der Waals surface area contributed by atoms with E-state index >= 15 is 0 Å². The van der Waals surface area contributed by atoms with Crippen LogP contribution in [0.15, 0.2) is 65.8 Å². The van der Waals surface area contributed by atoms with Crippen LogP contribution in [-0.4, -0.2) is 24.2 Å². The number of carbonyl (C=O) groups is 1. The monoisotopic (exact) mass is 481 g/mol. The highest BCUT2D eigenvalue weighted by Crippen LogP contribution is 2.26. The third-order valence-electron chi connectivity index (χ3n) is 4.73. The topological polar surface area (TPSA) is 63.6 Å². The van der Waals surface area contributed by atoms with Crippen molar-refractivity contribution in [1.82, 2.24) is 10.3 Å². The van der Waals surface area contributed by atoms with E-state index in [2.05, 4.69) is 15.3 Å². The first kappa shape index (κ1) is 26.7. The third kappa shape index (κ3) is 7.25. The first-order valence-corrected chi connectivity index (χ1v) is 11.3. The van der Waals surface area contributed by atoms with Crippen LogP contribution in [0.3, 0.4) is 0 Å². The molecule has 0 bridgehead atoms. The molecule has 0 spiro atoms. The van der Waals surface area contributed by atoms with Crippen molar-refractivity contribution in [2.24, 2.45) is 4.99 Å². The van der Waals surface area contributed by atoms with Crippen molar-refractivity contribution >= 4 is 29.3 Å². The van der Waals surface area contributed by atoms with Crippen LogP contribution in [0.2, 0.25) is 5.02 Å². The van der Waals surface area contributed by atoms with Gasteiger partial charge in [0.1, 0.15) is 17.3 Å². The number of nitrogens with zero attached hydrogens (tertiary/aromatic N) is 2. The fraction of sp³-hybridized carbons (Fsp3) is 0.222. The first-order chi connectivity index (χ1) is 16.4. The Bertz CT molecular complexity index is 1190. The van der Waals surface area contributed by atoms with Crippen molar-refractivity contribution in [3.05, 3.63) is 94.0 Å². The molecule has 1 aromatic heterocycles. The van der Waals surface area contributed by atoms with E-state index in [1.54, 1.807) is 43.7 Å². The Morgan fingerprint density at radius 1 is 1.15 bits per heavy atom. The normalized spacial score (nSPS) is 11.1. The van der Waals surface area contributed by atoms with Crippen molar-refractivity contribution in [3.63, 3.8) is 0 Å². The zero-order chi connectivity index (χ0) is 25.1. The minimum atomic E-state index is -0.520. The predicted octanol–water partition coefficient (Wildman–Crippen LogP) is 7.03. The molecule has 178 valence electrons. The van der Waals surface area contributed by atoms with Gasteiger partial charge in [-0.25, -0.2) is 4.39 Å². The molecular weight excluding hydrogens is 453 g/mol. The maximum absolute atomic E-state index is 13.6. The average Bonchev–Trinajstić information content (AvgIpc) is 2.85. The maximum atomic E-state index is 13.6. The molecule has 1 amide bonds. The first-order valence-electron chi connectivity index (χ1n) is 11.0. The molecule has 0 aliphatic carbocycles. The van der Waals surface area contributed by atoms with Crippen molar-refractivity contribution < 1.29 is 13.9 Å². The number of ether oxygens (including phenoxy) is 1. The van der Waals surface area contributed by atoms with E-state index in [-0.39, 0.29) is 17.5 Å². The fourth-order valence-electron chi connectivity index (χ4n) is 3.03. The van der Waals surface area contributed by atoms with E-state index in [0.29, 0.717) is 22.6 Å². The summed E-state index contributed by atoms with van der Waals surface area (Å²) in [5.74, 6) is 0.300. The van der Waals surface area contributed by atoms with Gasteiger partial charge in [0.25, 0.3) is 5.91 Å². The van der Waals surface area contributed by atoms with E-state index in [1.165, 1.54) is 12.1 Å². The molecule has 2 aromatic carbocycles. The summed E-state index contributed by atoms with van der Waals surface area (Å²) >= 11 is 5.71. The van der Waals surface area contributed by atoms with Crippen LogP contribution in [0.5, 0.6) is 11.5 Å². The Balaban J connectivity index is 0.00000199. The summed E-state index contributed by atoms with van der Waals surface area (Å²) in [5.41, 5.74) is 3.49. The number of aliphatic imine (C=N–C) groups is 1. The number of pyridine rings is 1. The zero-order valence-electron chi connectivity index (χ0n) is 20.0. The summed E-state index contributed by atoms with van der Waals surface area (Å²) in [4.78, 5) is 21.1. The Morgan fingerprint density at radius 3 is 2.56 bits per heavy atom. The third-order valence-corrected chi connectivity index (χ3v) is 5.04. The number of aryl methyl sites for hydroxylation is 1. The van der Waals surface area contributed by atoms with Gasteiger partial charge in [0.15, 0.2) is 0 Å². The minimum absolute atomic E-state index is 0.0450. The van der Waals surface area contributed by atoms with Crippen molar-refractivity contribution in [2.75, 3.05) is 7.05 Å². The molecule has 34 heavy (non-hydrogen) atoms. The molecule has 3 aromatic rings. The highest BCUT2D eigenvalue weighted by atomic mass is 35.5. The van der Waals surface area contributed by atoms with E-state index in [9.17, 15) is 9.18 Å². The summed E-state index contributed by atoms with van der Waals surface area (Å²) < 4.78 is 19.6. The lowest BCUT2D eigenvalue weighted by Crippen LogP contribution is -2.23. The Labute approximate surface area is 205 Å². The van der Waals surface area contributed by atoms with Crippen LogP contribution < -0.4 is 10.1 Å². The minimum Gasteiger partial charge on any atom is -0.457 e. The number of carbonyl (C=O) groups excluding carboxylic acids is 1. The molecule has 1 N–H and O–H groups in total. The van der Waals surface area contributed by atoms with Gasteiger partial charge in [0.05, 0.1) is 10.7 Å². The second-order valence-electron chi connectivity index (χ2n) is 7.02. The van der Waals surface area contributed by atoms with E-state index in [4.69, 9.17) is 16.3 Å². The van der Waals surface area contributed by atoms with Crippen LogP contribution in [0, 0.1) is 12.7 Å². The smallest absolute Gasteiger partial charge is 0.251 e. The van der Waals surface area contributed by atoms with Gasteiger partial charge in [-0.1, -0.05) is 43.7 Å². The lowest BCUT2D eigenvalue weighted by molar-refractivity contribution is 0.0950. The average molecular weight is 482 g/mol. The van der Waals surface area contributed by atoms with E-state index < -0.39 is 5.82 Å². The predicted molar refractivity (Wildman–Crippen MR) is 137 cm³/mol. The molecule has 0 unspecified atom stereocenters. The molecular formula is C27H29ClFN3O2. The van der Waals surface area contributed by atoms with Crippen LogP contribution in [0.25, 0.3) is 5.57 Å². The van der Waals surface area contributed by atoms with Crippen LogP contribution in [0.1, 0.15) is 48.0 Å². The lowest BCUT2D eigenvalue weighted by Gasteiger charge is -2.12. The SMILES string of the molecule is C/C=C(\C=NC)c1cc(Oc2ccc(C)c(C(=O)NCc3ccc(Cl)c(F)c3)c2)ccn1.CC. The van der Waals surface area contributed by atoms with E-state index in [0.717, 1.165) is 16.8 Å². The molecule has 7 heteroatoms. The van der Waals surface area contributed by atoms with Gasteiger partial charge < -0.3 is 10.1 Å². The summed E-state index contributed by atoms with van der Waals surface area (Å²) in [6.07, 6.45) is 5.30. The molecule has 0 radical (unpaired) electrons. The lowest BCUT2D eigenvalue weighted by atomic mass is 10.1. The van der Waals surface area contributed by atoms with Crippen LogP contribution >= 0.6 is 11.6 Å². The fourth-order valence-corrected chi connectivity index (χ4v) is 3.15. The zero-order valence-corrected chi connectivity index (χ0v) is 20.8. The second-order valence-corrected chi connectivity index (χ2v) is 7.43. The molecule has 0 saturated carbocycles. The standard InChI is InChI=1S/C25H23ClFN3O2.C2H6/c1-4-18(15-28-3)24-13-20(9-10-29-24)32-19-7-5-16(2)21(12-19)25(31)30-14-17-6-8-22(26)23(27)11-17;1-2/h4-13,15H,14H2,1-3H3,(H,30,31);1-2H3/b18-4+,28-15?;. The molecule has 0 saturated heterocycles. The maximum Gasteiger partial charge on any atom is 0.251 e. The number of amides is 1. The van der Waals surface area contributed by atoms with Crippen molar-refractivity contribution in [1.29, 1.82) is 0 Å². The summed E-state index contributed by atoms with van der Waals surface area (Å²) in [7, 11) is 1.70. The molecule has 0 fully saturated rings. The summed E-state index contributed by atoms with van der Waals surface area (Å²) in [6.45, 7) is 7.93. The van der Waals surface area contributed by atoms with Gasteiger partial charge in [0.2, 0.25) is 0 Å².